The Morgan fingerprint density at radius 3 is 2.31 bits per heavy atom. The van der Waals surface area contributed by atoms with Gasteiger partial charge < -0.3 is 0 Å². The van der Waals surface area contributed by atoms with Crippen LogP contribution in [0.15, 0.2) is 28.3 Å². The Balaban J connectivity index is 2.39. The maximum absolute atomic E-state index is 13.2. The van der Waals surface area contributed by atoms with Gasteiger partial charge in [0.15, 0.2) is 10.8 Å². The number of H-pyrrole nitrogens is 1. The minimum atomic E-state index is -0.452. The van der Waals surface area contributed by atoms with Crippen molar-refractivity contribution in [2.45, 2.75) is 9.92 Å². The summed E-state index contributed by atoms with van der Waals surface area (Å²) in [4.78, 5) is 0.527. The van der Waals surface area contributed by atoms with E-state index in [9.17, 15) is 4.39 Å². The summed E-state index contributed by atoms with van der Waals surface area (Å²) >= 11 is 18.7. The molecule has 0 atom stereocenters. The summed E-state index contributed by atoms with van der Waals surface area (Å²) in [5, 5.41) is 7.49. The zero-order valence-corrected chi connectivity index (χ0v) is 10.7. The molecule has 0 radical (unpaired) electrons. The molecule has 0 unspecified atom stereocenters. The molecule has 1 heterocycles. The molecule has 2 nitrogen and oxygen atoms in total. The first-order chi connectivity index (χ1) is 7.58. The fraction of sp³-hybridized carbons (Fsp3) is 0. The molecule has 0 aliphatic rings. The lowest BCUT2D eigenvalue weighted by molar-refractivity contribution is 0.601. The van der Waals surface area contributed by atoms with Crippen LogP contribution in [0.2, 0.25) is 15.1 Å². The van der Waals surface area contributed by atoms with Crippen molar-refractivity contribution in [3.63, 3.8) is 0 Å². The van der Waals surface area contributed by atoms with Crippen LogP contribution in [0.5, 0.6) is 0 Å². The van der Waals surface area contributed by atoms with Crippen molar-refractivity contribution >= 4 is 46.6 Å². The van der Waals surface area contributed by atoms with Gasteiger partial charge in [-0.05, 0) is 12.1 Å². The van der Waals surface area contributed by atoms with Crippen molar-refractivity contribution in [2.75, 3.05) is 0 Å². The quantitative estimate of drug-likeness (QED) is 0.873. The third-order valence-electron chi connectivity index (χ3n) is 1.72. The number of halogens is 4. The maximum Gasteiger partial charge on any atom is 0.175 e. The van der Waals surface area contributed by atoms with Crippen LogP contribution >= 0.6 is 46.6 Å². The molecule has 84 valence electrons. The highest BCUT2D eigenvalue weighted by atomic mass is 35.5. The summed E-state index contributed by atoms with van der Waals surface area (Å²) in [6.07, 6.45) is 1.15. The second-order valence-corrected chi connectivity index (χ2v) is 5.09. The van der Waals surface area contributed by atoms with Crippen LogP contribution in [0, 0.1) is 5.82 Å². The molecule has 0 saturated carbocycles. The molecule has 7 heteroatoms. The normalized spacial score (nSPS) is 10.8. The molecular weight excluding hydrogens is 294 g/mol. The number of rotatable bonds is 2. The van der Waals surface area contributed by atoms with Crippen molar-refractivity contribution < 1.29 is 4.39 Å². The topological polar surface area (TPSA) is 28.7 Å². The van der Waals surface area contributed by atoms with E-state index >= 15 is 0 Å². The molecule has 0 saturated heterocycles. The monoisotopic (exact) mass is 296 g/mol. The smallest absolute Gasteiger partial charge is 0.175 e. The molecular formula is C9H4Cl3FN2S. The van der Waals surface area contributed by atoms with E-state index in [-0.39, 0.29) is 5.03 Å². The number of aromatic nitrogens is 2. The number of hydrogen-bond acceptors (Lipinski definition) is 2. The van der Waals surface area contributed by atoms with Gasteiger partial charge in [0.25, 0.3) is 0 Å². The third-order valence-corrected chi connectivity index (χ3v) is 3.89. The fourth-order valence-electron chi connectivity index (χ4n) is 1.06. The molecule has 0 aliphatic carbocycles. The van der Waals surface area contributed by atoms with Crippen LogP contribution in [0.3, 0.4) is 0 Å². The van der Waals surface area contributed by atoms with E-state index in [0.29, 0.717) is 20.0 Å². The Labute approximate surface area is 110 Å². The van der Waals surface area contributed by atoms with Gasteiger partial charge in [-0.25, -0.2) is 4.39 Å². The van der Waals surface area contributed by atoms with Gasteiger partial charge in [0.1, 0.15) is 0 Å². The molecule has 1 aromatic heterocycles. The molecule has 0 amide bonds. The van der Waals surface area contributed by atoms with E-state index in [4.69, 9.17) is 34.8 Å². The number of aromatic amines is 1. The van der Waals surface area contributed by atoms with Gasteiger partial charge in [0.05, 0.1) is 21.1 Å². The van der Waals surface area contributed by atoms with Gasteiger partial charge in [0, 0.05) is 5.02 Å². The van der Waals surface area contributed by atoms with E-state index in [0.717, 1.165) is 18.0 Å². The summed E-state index contributed by atoms with van der Waals surface area (Å²) in [5.41, 5.74) is 0. The lowest BCUT2D eigenvalue weighted by Crippen LogP contribution is -1.81. The maximum atomic E-state index is 13.2. The Bertz CT molecular complexity index is 506. The fourth-order valence-corrected chi connectivity index (χ4v) is 2.87. The first-order valence-electron chi connectivity index (χ1n) is 4.09. The summed E-state index contributed by atoms with van der Waals surface area (Å²) < 4.78 is 13.2. The zero-order valence-electron chi connectivity index (χ0n) is 7.60. The number of nitrogens with zero attached hydrogens (tertiary/aromatic N) is 1. The van der Waals surface area contributed by atoms with E-state index in [1.165, 1.54) is 0 Å². The number of nitrogens with one attached hydrogen (secondary N) is 1. The lowest BCUT2D eigenvalue weighted by Gasteiger charge is -2.05. The Kier molecular flexibility index (Phi) is 3.64. The Hall–Kier alpha value is -0.420. The van der Waals surface area contributed by atoms with Gasteiger partial charge in [0.2, 0.25) is 0 Å². The average molecular weight is 298 g/mol. The molecule has 0 spiro atoms. The van der Waals surface area contributed by atoms with Gasteiger partial charge >= 0.3 is 0 Å². The molecule has 1 aromatic carbocycles. The summed E-state index contributed by atoms with van der Waals surface area (Å²) in [5.74, 6) is -0.452. The van der Waals surface area contributed by atoms with E-state index < -0.39 is 5.82 Å². The zero-order chi connectivity index (χ0) is 11.7. The lowest BCUT2D eigenvalue weighted by atomic mass is 10.4. The first-order valence-corrected chi connectivity index (χ1v) is 6.04. The summed E-state index contributed by atoms with van der Waals surface area (Å²) in [7, 11) is 0. The molecule has 2 aromatic rings. The van der Waals surface area contributed by atoms with Gasteiger partial charge in [-0.1, -0.05) is 46.6 Å². The van der Waals surface area contributed by atoms with Gasteiger partial charge in [-0.15, -0.1) is 0 Å². The van der Waals surface area contributed by atoms with Gasteiger partial charge in [-0.3, -0.25) is 5.10 Å². The largest absolute Gasteiger partial charge is 0.282 e. The minimum Gasteiger partial charge on any atom is -0.282 e. The number of benzene rings is 1. The average Bonchev–Trinajstić information content (AvgIpc) is 2.57. The highest BCUT2D eigenvalue weighted by Crippen LogP contribution is 2.40. The Morgan fingerprint density at radius 2 is 1.81 bits per heavy atom. The van der Waals surface area contributed by atoms with Crippen molar-refractivity contribution in [3.05, 3.63) is 39.2 Å². The molecule has 16 heavy (non-hydrogen) atoms. The second-order valence-electron chi connectivity index (χ2n) is 2.84. The van der Waals surface area contributed by atoms with Crippen LogP contribution in [0.25, 0.3) is 0 Å². The minimum absolute atomic E-state index is 0.186. The summed E-state index contributed by atoms with van der Waals surface area (Å²) in [6.45, 7) is 0. The highest BCUT2D eigenvalue weighted by molar-refractivity contribution is 7.99. The van der Waals surface area contributed by atoms with E-state index in [1.54, 1.807) is 12.1 Å². The molecule has 0 bridgehead atoms. The van der Waals surface area contributed by atoms with Crippen LogP contribution < -0.4 is 0 Å². The highest BCUT2D eigenvalue weighted by Gasteiger charge is 2.13. The van der Waals surface area contributed by atoms with E-state index in [2.05, 4.69) is 10.2 Å². The predicted octanol–water partition coefficient (Wildman–Crippen LogP) is 4.66. The molecule has 0 fully saturated rings. The van der Waals surface area contributed by atoms with E-state index in [1.807, 2.05) is 0 Å². The Morgan fingerprint density at radius 1 is 1.19 bits per heavy atom. The predicted molar refractivity (Wildman–Crippen MR) is 64.1 cm³/mol. The molecule has 1 N–H and O–H groups in total. The standard InChI is InChI=1S/C9H4Cl3FN2S/c10-4-1-5(11)8(6(12)2-4)16-9-7(13)3-14-15-9/h1-3H,(H,14,15). The van der Waals surface area contributed by atoms with Crippen LogP contribution in [0.1, 0.15) is 0 Å². The van der Waals surface area contributed by atoms with Gasteiger partial charge in [-0.2, -0.15) is 5.10 Å². The number of hydrogen-bond donors (Lipinski definition) is 1. The molecule has 0 aliphatic heterocycles. The van der Waals surface area contributed by atoms with Crippen LogP contribution in [0.4, 0.5) is 4.39 Å². The second kappa shape index (κ2) is 4.84. The first kappa shape index (κ1) is 12.0. The van der Waals surface area contributed by atoms with Crippen molar-refractivity contribution in [1.29, 1.82) is 0 Å². The van der Waals surface area contributed by atoms with Crippen LogP contribution in [-0.2, 0) is 0 Å². The summed E-state index contributed by atoms with van der Waals surface area (Å²) in [6, 6.07) is 3.09. The molecule has 2 rings (SSSR count). The SMILES string of the molecule is Fc1c[nH]nc1Sc1c(Cl)cc(Cl)cc1Cl. The van der Waals surface area contributed by atoms with Crippen molar-refractivity contribution in [1.82, 2.24) is 10.2 Å². The van der Waals surface area contributed by atoms with Crippen LogP contribution in [-0.4, -0.2) is 10.2 Å². The van der Waals surface area contributed by atoms with Crippen molar-refractivity contribution in [3.8, 4) is 0 Å². The third kappa shape index (κ3) is 2.46. The van der Waals surface area contributed by atoms with Crippen molar-refractivity contribution in [2.24, 2.45) is 0 Å².